The van der Waals surface area contributed by atoms with Crippen molar-refractivity contribution in [2.75, 3.05) is 6.54 Å². The summed E-state index contributed by atoms with van der Waals surface area (Å²) in [5, 5.41) is 3.69. The summed E-state index contributed by atoms with van der Waals surface area (Å²) in [6.45, 7) is 12.6. The minimum atomic E-state index is 0. The van der Waals surface area contributed by atoms with Crippen LogP contribution in [0.5, 0.6) is 0 Å². The summed E-state index contributed by atoms with van der Waals surface area (Å²) in [6, 6.07) is 0.806. The maximum absolute atomic E-state index is 3.69. The summed E-state index contributed by atoms with van der Waals surface area (Å²) in [5.74, 6) is 1.82. The van der Waals surface area contributed by atoms with Crippen LogP contribution >= 0.6 is 0 Å². The summed E-state index contributed by atoms with van der Waals surface area (Å²) < 4.78 is 0. The molecule has 1 rings (SSSR count). The maximum Gasteiger partial charge on any atom is 0.00953 e. The summed E-state index contributed by atoms with van der Waals surface area (Å²) in [5.41, 5.74) is 0. The average Bonchev–Trinajstić information content (AvgIpc) is 2.37. The van der Waals surface area contributed by atoms with E-state index in [-0.39, 0.29) is 1.43 Å². The molecule has 17 heavy (non-hydrogen) atoms. The molecule has 0 amide bonds. The second-order valence-corrected chi connectivity index (χ2v) is 5.58. The highest BCUT2D eigenvalue weighted by molar-refractivity contribution is 4.81. The van der Waals surface area contributed by atoms with E-state index in [1.165, 1.54) is 51.5 Å². The van der Waals surface area contributed by atoms with E-state index in [0.717, 1.165) is 17.9 Å². The van der Waals surface area contributed by atoms with E-state index in [4.69, 9.17) is 0 Å². The Morgan fingerprint density at radius 2 is 1.82 bits per heavy atom. The monoisotopic (exact) mass is 243 g/mol. The highest BCUT2D eigenvalue weighted by atomic mass is 14.9. The molecule has 1 saturated heterocycles. The highest BCUT2D eigenvalue weighted by Gasteiger charge is 2.24. The fraction of sp³-hybridized carbons (Fsp3) is 1.00. The first-order valence-electron chi connectivity index (χ1n) is 7.94. The Kier molecular flexibility index (Phi) is 11.0. The van der Waals surface area contributed by atoms with Crippen LogP contribution in [0, 0.1) is 11.8 Å². The fourth-order valence-corrected chi connectivity index (χ4v) is 2.87. The van der Waals surface area contributed by atoms with Gasteiger partial charge < -0.3 is 5.32 Å². The Bertz CT molecular complexity index is 150. The normalized spacial score (nSPS) is 23.5. The van der Waals surface area contributed by atoms with Crippen molar-refractivity contribution in [3.8, 4) is 0 Å². The molecule has 1 aliphatic rings. The van der Waals surface area contributed by atoms with Gasteiger partial charge in [-0.3, -0.25) is 0 Å². The Hall–Kier alpha value is -0.0400. The molecule has 0 bridgehead atoms. The quantitative estimate of drug-likeness (QED) is 0.695. The van der Waals surface area contributed by atoms with Crippen LogP contribution < -0.4 is 5.32 Å². The molecule has 1 heteroatoms. The van der Waals surface area contributed by atoms with Gasteiger partial charge in [-0.15, -0.1) is 0 Å². The van der Waals surface area contributed by atoms with Crippen LogP contribution in [0.1, 0.15) is 81.0 Å². The van der Waals surface area contributed by atoms with Crippen LogP contribution in [0.25, 0.3) is 0 Å². The van der Waals surface area contributed by atoms with E-state index in [1.54, 1.807) is 0 Å². The van der Waals surface area contributed by atoms with Gasteiger partial charge in [0.1, 0.15) is 0 Å². The van der Waals surface area contributed by atoms with Crippen LogP contribution in [0.15, 0.2) is 0 Å². The summed E-state index contributed by atoms with van der Waals surface area (Å²) in [6.07, 6.45) is 9.58. The van der Waals surface area contributed by atoms with Crippen molar-refractivity contribution < 1.29 is 1.43 Å². The van der Waals surface area contributed by atoms with Gasteiger partial charge in [0.25, 0.3) is 0 Å². The first kappa shape index (κ1) is 17.0. The first-order valence-corrected chi connectivity index (χ1v) is 7.94. The standard InChI is InChI=1S/C13H27N.C3H8.H2/c1-4-8-12(5-2)11(3)13-9-6-7-10-14-13;1-3-2;/h11-14H,4-10H2,1-3H3;3H2,1-2H3;1H. The van der Waals surface area contributed by atoms with Crippen LogP contribution in [-0.2, 0) is 0 Å². The van der Waals surface area contributed by atoms with E-state index in [9.17, 15) is 0 Å². The third-order valence-electron chi connectivity index (χ3n) is 3.91. The maximum atomic E-state index is 3.69. The zero-order chi connectivity index (χ0) is 13.1. The number of piperidine rings is 1. The molecule has 3 unspecified atom stereocenters. The van der Waals surface area contributed by atoms with Crippen LogP contribution in [0.4, 0.5) is 0 Å². The molecule has 0 spiro atoms. The summed E-state index contributed by atoms with van der Waals surface area (Å²) in [4.78, 5) is 0. The second-order valence-electron chi connectivity index (χ2n) is 5.58. The van der Waals surface area contributed by atoms with Crippen molar-refractivity contribution >= 4 is 0 Å². The molecule has 0 aromatic heterocycles. The van der Waals surface area contributed by atoms with Gasteiger partial charge in [-0.25, -0.2) is 0 Å². The number of hydrogen-bond donors (Lipinski definition) is 1. The molecule has 0 aromatic rings. The van der Waals surface area contributed by atoms with Gasteiger partial charge >= 0.3 is 0 Å². The SMILES string of the molecule is CCC.CCCC(CC)C(C)C1CCCCN1.[HH]. The van der Waals surface area contributed by atoms with Crippen molar-refractivity contribution in [1.29, 1.82) is 0 Å². The second kappa shape index (κ2) is 11.1. The molecule has 1 N–H and O–H groups in total. The minimum absolute atomic E-state index is 0. The topological polar surface area (TPSA) is 12.0 Å². The van der Waals surface area contributed by atoms with Crippen molar-refractivity contribution in [3.63, 3.8) is 0 Å². The smallest absolute Gasteiger partial charge is 0.00953 e. The molecule has 1 heterocycles. The lowest BCUT2D eigenvalue weighted by Crippen LogP contribution is -2.41. The van der Waals surface area contributed by atoms with E-state index in [0.29, 0.717) is 0 Å². The highest BCUT2D eigenvalue weighted by Crippen LogP contribution is 2.27. The lowest BCUT2D eigenvalue weighted by molar-refractivity contribution is 0.217. The van der Waals surface area contributed by atoms with Gasteiger partial charge in [0, 0.05) is 7.47 Å². The van der Waals surface area contributed by atoms with E-state index in [2.05, 4.69) is 39.9 Å². The van der Waals surface area contributed by atoms with Crippen molar-refractivity contribution in [2.24, 2.45) is 11.8 Å². The third kappa shape index (κ3) is 7.08. The Morgan fingerprint density at radius 3 is 2.24 bits per heavy atom. The number of nitrogens with one attached hydrogen (secondary N) is 1. The van der Waals surface area contributed by atoms with Gasteiger partial charge in [-0.1, -0.05) is 66.7 Å². The zero-order valence-electron chi connectivity index (χ0n) is 12.9. The molecule has 1 nitrogen and oxygen atoms in total. The van der Waals surface area contributed by atoms with Gasteiger partial charge in [0.05, 0.1) is 0 Å². The Morgan fingerprint density at radius 1 is 1.18 bits per heavy atom. The van der Waals surface area contributed by atoms with Crippen molar-refractivity contribution in [3.05, 3.63) is 0 Å². The van der Waals surface area contributed by atoms with Crippen LogP contribution in [-0.4, -0.2) is 12.6 Å². The van der Waals surface area contributed by atoms with Crippen LogP contribution in [0.2, 0.25) is 0 Å². The average molecular weight is 243 g/mol. The van der Waals surface area contributed by atoms with Gasteiger partial charge in [-0.2, -0.15) is 0 Å². The molecule has 0 aromatic carbocycles. The van der Waals surface area contributed by atoms with E-state index >= 15 is 0 Å². The van der Waals surface area contributed by atoms with Crippen LogP contribution in [0.3, 0.4) is 0 Å². The predicted octanol–water partition coefficient (Wildman–Crippen LogP) is 5.25. The first-order chi connectivity index (χ1) is 8.21. The molecule has 0 saturated carbocycles. The molecular weight excluding hydrogens is 206 g/mol. The fourth-order valence-electron chi connectivity index (χ4n) is 2.87. The minimum Gasteiger partial charge on any atom is -0.314 e. The number of hydrogen-bond acceptors (Lipinski definition) is 1. The Labute approximate surface area is 111 Å². The third-order valence-corrected chi connectivity index (χ3v) is 3.91. The van der Waals surface area contributed by atoms with E-state index in [1.807, 2.05) is 0 Å². The van der Waals surface area contributed by atoms with Gasteiger partial charge in [0.2, 0.25) is 0 Å². The lowest BCUT2D eigenvalue weighted by atomic mass is 9.80. The summed E-state index contributed by atoms with van der Waals surface area (Å²) >= 11 is 0. The van der Waals surface area contributed by atoms with Gasteiger partial charge in [0.15, 0.2) is 0 Å². The largest absolute Gasteiger partial charge is 0.314 e. The predicted molar refractivity (Wildman–Crippen MR) is 81.6 cm³/mol. The Balaban J connectivity index is 0. The lowest BCUT2D eigenvalue weighted by Gasteiger charge is -2.34. The zero-order valence-corrected chi connectivity index (χ0v) is 12.9. The molecule has 106 valence electrons. The summed E-state index contributed by atoms with van der Waals surface area (Å²) in [7, 11) is 0. The molecule has 0 aliphatic carbocycles. The molecular formula is C16H37N. The van der Waals surface area contributed by atoms with E-state index < -0.39 is 0 Å². The van der Waals surface area contributed by atoms with Gasteiger partial charge in [-0.05, 0) is 31.2 Å². The van der Waals surface area contributed by atoms with Crippen molar-refractivity contribution in [1.82, 2.24) is 5.32 Å². The molecule has 1 fully saturated rings. The van der Waals surface area contributed by atoms with Crippen molar-refractivity contribution in [2.45, 2.75) is 85.6 Å². The molecule has 1 aliphatic heterocycles. The molecule has 3 atom stereocenters. The molecule has 0 radical (unpaired) electrons. The number of rotatable bonds is 5.